The predicted octanol–water partition coefficient (Wildman–Crippen LogP) is 13.9. The van der Waals surface area contributed by atoms with Gasteiger partial charge in [-0.05, 0) is 25.2 Å². The second kappa shape index (κ2) is 39.6. The maximum atomic E-state index is 12.7. The van der Waals surface area contributed by atoms with Crippen molar-refractivity contribution in [3.63, 3.8) is 0 Å². The summed E-state index contributed by atoms with van der Waals surface area (Å²) in [6.45, 7) is 8.95. The Labute approximate surface area is 317 Å². The summed E-state index contributed by atoms with van der Waals surface area (Å²) in [4.78, 5) is 37.6. The predicted molar refractivity (Wildman–Crippen MR) is 215 cm³/mol. The van der Waals surface area contributed by atoms with Gasteiger partial charge in [-0.2, -0.15) is 0 Å². The van der Waals surface area contributed by atoms with Crippen LogP contribution in [0, 0.1) is 5.92 Å². The molecule has 0 heterocycles. The molecule has 0 fully saturated rings. The third kappa shape index (κ3) is 39.5. The Morgan fingerprint density at radius 3 is 0.961 bits per heavy atom. The minimum atomic E-state index is -0.758. The van der Waals surface area contributed by atoms with E-state index < -0.39 is 6.10 Å². The fraction of sp³-hybridized carbons (Fsp3) is 0.933. The minimum Gasteiger partial charge on any atom is -0.462 e. The molecule has 0 aliphatic carbocycles. The number of carbonyl (C=O) groups is 3. The van der Waals surface area contributed by atoms with Gasteiger partial charge in [0.1, 0.15) is 13.2 Å². The minimum absolute atomic E-state index is 0.0641. The zero-order valence-corrected chi connectivity index (χ0v) is 34.6. The molecule has 302 valence electrons. The maximum Gasteiger partial charge on any atom is 0.306 e. The van der Waals surface area contributed by atoms with Gasteiger partial charge in [0.25, 0.3) is 0 Å². The highest BCUT2D eigenvalue weighted by Crippen LogP contribution is 2.16. The monoisotopic (exact) mass is 723 g/mol. The summed E-state index contributed by atoms with van der Waals surface area (Å²) in [7, 11) is 0. The van der Waals surface area contributed by atoms with Crippen LogP contribution in [0.3, 0.4) is 0 Å². The zero-order chi connectivity index (χ0) is 37.5. The Balaban J connectivity index is 4.33. The van der Waals surface area contributed by atoms with Crippen LogP contribution in [0.1, 0.15) is 246 Å². The van der Waals surface area contributed by atoms with Gasteiger partial charge in [-0.3, -0.25) is 14.4 Å². The van der Waals surface area contributed by atoms with Gasteiger partial charge in [-0.15, -0.1) is 0 Å². The Morgan fingerprint density at radius 2 is 0.647 bits per heavy atom. The van der Waals surface area contributed by atoms with Crippen LogP contribution in [0.5, 0.6) is 0 Å². The molecule has 0 unspecified atom stereocenters. The second-order valence-corrected chi connectivity index (χ2v) is 15.8. The van der Waals surface area contributed by atoms with Crippen molar-refractivity contribution >= 4 is 17.9 Å². The quantitative estimate of drug-likeness (QED) is 0.0356. The van der Waals surface area contributed by atoms with Gasteiger partial charge in [0.05, 0.1) is 0 Å². The van der Waals surface area contributed by atoms with Crippen molar-refractivity contribution in [3.8, 4) is 0 Å². The smallest absolute Gasteiger partial charge is 0.306 e. The number of ether oxygens (including phenoxy) is 3. The number of hydrogen-bond donors (Lipinski definition) is 0. The summed E-state index contributed by atoms with van der Waals surface area (Å²) in [6.07, 6.45) is 38.0. The van der Waals surface area contributed by atoms with Crippen molar-refractivity contribution < 1.29 is 28.6 Å². The number of hydrogen-bond acceptors (Lipinski definition) is 6. The van der Waals surface area contributed by atoms with Gasteiger partial charge in [0.15, 0.2) is 6.10 Å². The highest BCUT2D eigenvalue weighted by atomic mass is 16.6. The van der Waals surface area contributed by atoms with Crippen LogP contribution >= 0.6 is 0 Å². The van der Waals surface area contributed by atoms with Crippen molar-refractivity contribution in [2.24, 2.45) is 5.92 Å². The normalized spacial score (nSPS) is 11.9. The van der Waals surface area contributed by atoms with Gasteiger partial charge in [0, 0.05) is 19.3 Å². The van der Waals surface area contributed by atoms with Crippen molar-refractivity contribution in [3.05, 3.63) is 0 Å². The van der Waals surface area contributed by atoms with Gasteiger partial charge in [0.2, 0.25) is 0 Å². The molecule has 0 spiro atoms. The molecule has 0 radical (unpaired) electrons. The molecule has 0 aromatic carbocycles. The molecule has 6 nitrogen and oxygen atoms in total. The maximum absolute atomic E-state index is 12.7. The van der Waals surface area contributed by atoms with Crippen LogP contribution in [-0.4, -0.2) is 37.2 Å². The lowest BCUT2D eigenvalue weighted by Gasteiger charge is -2.18. The number of esters is 3. The first-order valence-corrected chi connectivity index (χ1v) is 22.4. The molecule has 0 aliphatic heterocycles. The lowest BCUT2D eigenvalue weighted by Crippen LogP contribution is -2.30. The van der Waals surface area contributed by atoms with Crippen LogP contribution in [-0.2, 0) is 28.6 Å². The largest absolute Gasteiger partial charge is 0.462 e. The first-order valence-electron chi connectivity index (χ1n) is 22.4. The topological polar surface area (TPSA) is 78.9 Å². The van der Waals surface area contributed by atoms with Crippen LogP contribution in [0.2, 0.25) is 0 Å². The van der Waals surface area contributed by atoms with Crippen LogP contribution in [0.4, 0.5) is 0 Å². The first-order chi connectivity index (χ1) is 24.9. The number of carbonyl (C=O) groups excluding carboxylic acids is 3. The van der Waals surface area contributed by atoms with Crippen LogP contribution in [0.15, 0.2) is 0 Å². The summed E-state index contributed by atoms with van der Waals surface area (Å²) in [5, 5.41) is 0. The van der Waals surface area contributed by atoms with E-state index in [0.29, 0.717) is 19.3 Å². The highest BCUT2D eigenvalue weighted by molar-refractivity contribution is 5.71. The zero-order valence-electron chi connectivity index (χ0n) is 34.6. The molecule has 0 rings (SSSR count). The molecule has 6 heteroatoms. The average molecular weight is 723 g/mol. The second-order valence-electron chi connectivity index (χ2n) is 15.8. The molecule has 0 aliphatic rings. The summed E-state index contributed by atoms with van der Waals surface area (Å²) < 4.78 is 16.7. The third-order valence-corrected chi connectivity index (χ3v) is 10.0. The molecule has 0 saturated carbocycles. The van der Waals surface area contributed by atoms with E-state index in [1.807, 2.05) is 0 Å². The van der Waals surface area contributed by atoms with Crippen molar-refractivity contribution in [1.29, 1.82) is 0 Å². The Kier molecular flexibility index (Phi) is 38.4. The molecule has 0 amide bonds. The fourth-order valence-corrected chi connectivity index (χ4v) is 6.63. The van der Waals surface area contributed by atoms with Crippen molar-refractivity contribution in [2.75, 3.05) is 13.2 Å². The third-order valence-electron chi connectivity index (χ3n) is 10.0. The van der Waals surface area contributed by atoms with Crippen molar-refractivity contribution in [1.82, 2.24) is 0 Å². The standard InChI is InChI=1S/C45H86O6/c1-5-7-9-11-13-15-17-21-24-28-32-36-43(46)49-39-42(51-45(48)38-34-30-26-20-16-14-12-10-8-6-2)40-50-44(47)37-33-29-25-22-18-19-23-27-31-35-41(3)4/h41-42H,5-40H2,1-4H3/t42-/m0/s1. The molecule has 0 aromatic heterocycles. The summed E-state index contributed by atoms with van der Waals surface area (Å²) in [5.74, 6) is -0.0491. The van der Waals surface area contributed by atoms with Crippen LogP contribution < -0.4 is 0 Å². The van der Waals surface area contributed by atoms with E-state index in [9.17, 15) is 14.4 Å². The van der Waals surface area contributed by atoms with E-state index in [1.165, 1.54) is 141 Å². The van der Waals surface area contributed by atoms with E-state index in [-0.39, 0.29) is 31.1 Å². The first kappa shape index (κ1) is 49.4. The molecule has 51 heavy (non-hydrogen) atoms. The summed E-state index contributed by atoms with van der Waals surface area (Å²) >= 11 is 0. The summed E-state index contributed by atoms with van der Waals surface area (Å²) in [6, 6.07) is 0. The number of unbranched alkanes of at least 4 members (excludes halogenated alkanes) is 27. The molecular formula is C45H86O6. The molecule has 0 bridgehead atoms. The highest BCUT2D eigenvalue weighted by Gasteiger charge is 2.19. The van der Waals surface area contributed by atoms with E-state index in [0.717, 1.165) is 63.7 Å². The lowest BCUT2D eigenvalue weighted by atomic mass is 10.0. The van der Waals surface area contributed by atoms with Gasteiger partial charge in [-0.25, -0.2) is 0 Å². The molecule has 1 atom stereocenters. The SMILES string of the molecule is CCCCCCCCCCCCCC(=O)OC[C@@H](COC(=O)CCCCCCCCCCCC(C)C)OC(=O)CCCCCCCCCCCC. The molecule has 0 aromatic rings. The van der Waals surface area contributed by atoms with E-state index in [1.54, 1.807) is 0 Å². The Morgan fingerprint density at radius 1 is 0.373 bits per heavy atom. The van der Waals surface area contributed by atoms with E-state index >= 15 is 0 Å². The molecule has 0 N–H and O–H groups in total. The Bertz CT molecular complexity index is 766. The number of rotatable bonds is 40. The average Bonchev–Trinajstić information content (AvgIpc) is 3.11. The van der Waals surface area contributed by atoms with Gasteiger partial charge in [-0.1, -0.05) is 207 Å². The fourth-order valence-electron chi connectivity index (χ4n) is 6.63. The molecular weight excluding hydrogens is 636 g/mol. The van der Waals surface area contributed by atoms with Crippen molar-refractivity contribution in [2.45, 2.75) is 252 Å². The lowest BCUT2D eigenvalue weighted by molar-refractivity contribution is -0.167. The van der Waals surface area contributed by atoms with E-state index in [2.05, 4.69) is 27.7 Å². The van der Waals surface area contributed by atoms with Gasteiger partial charge >= 0.3 is 17.9 Å². The van der Waals surface area contributed by atoms with Gasteiger partial charge < -0.3 is 14.2 Å². The summed E-state index contributed by atoms with van der Waals surface area (Å²) in [5.41, 5.74) is 0. The van der Waals surface area contributed by atoms with Crippen LogP contribution in [0.25, 0.3) is 0 Å². The molecule has 0 saturated heterocycles. The Hall–Kier alpha value is -1.59. The van der Waals surface area contributed by atoms with E-state index in [4.69, 9.17) is 14.2 Å².